The first-order valence-corrected chi connectivity index (χ1v) is 7.69. The summed E-state index contributed by atoms with van der Waals surface area (Å²) in [7, 11) is 1.93. The number of aromatic nitrogens is 2. The van der Waals surface area contributed by atoms with Crippen LogP contribution in [0.25, 0.3) is 11.0 Å². The summed E-state index contributed by atoms with van der Waals surface area (Å²) in [5.74, 6) is 0.650. The summed E-state index contributed by atoms with van der Waals surface area (Å²) in [5, 5.41) is 0. The van der Waals surface area contributed by atoms with E-state index in [-0.39, 0.29) is 11.7 Å². The first kappa shape index (κ1) is 14.6. The molecule has 0 N–H and O–H groups in total. The molecule has 1 aliphatic heterocycles. The predicted molar refractivity (Wildman–Crippen MR) is 90.9 cm³/mol. The molecule has 0 radical (unpaired) electrons. The number of para-hydroxylation sites is 2. The first-order chi connectivity index (χ1) is 11.6. The van der Waals surface area contributed by atoms with Crippen molar-refractivity contribution in [2.75, 3.05) is 29.9 Å². The Hall–Kier alpha value is -3.02. The average molecular weight is 322 g/mol. The Morgan fingerprint density at radius 2 is 1.58 bits per heavy atom. The third kappa shape index (κ3) is 2.36. The zero-order chi connectivity index (χ0) is 16.7. The van der Waals surface area contributed by atoms with Crippen LogP contribution in [-0.4, -0.2) is 36.0 Å². The number of fused-ring (bicyclic) bond motifs is 2. The van der Waals surface area contributed by atoms with Gasteiger partial charge in [-0.1, -0.05) is 12.1 Å². The maximum absolute atomic E-state index is 13.1. The molecule has 0 atom stereocenters. The van der Waals surface area contributed by atoms with Crippen LogP contribution in [0.1, 0.15) is 10.4 Å². The predicted octanol–water partition coefficient (Wildman–Crippen LogP) is 2.87. The number of rotatable bonds is 1. The lowest BCUT2D eigenvalue weighted by Crippen LogP contribution is -2.43. The summed E-state index contributed by atoms with van der Waals surface area (Å²) in [4.78, 5) is 25.7. The van der Waals surface area contributed by atoms with Gasteiger partial charge in [0, 0.05) is 25.7 Å². The fourth-order valence-electron chi connectivity index (χ4n) is 2.83. The molecular weight excluding hydrogens is 307 g/mol. The molecule has 120 valence electrons. The van der Waals surface area contributed by atoms with Gasteiger partial charge in [0.15, 0.2) is 11.6 Å². The highest BCUT2D eigenvalue weighted by atomic mass is 19.1. The monoisotopic (exact) mass is 322 g/mol. The third-order valence-electron chi connectivity index (χ3n) is 4.15. The Morgan fingerprint density at radius 3 is 2.25 bits per heavy atom. The Balaban J connectivity index is 1.81. The molecule has 2 aromatic carbocycles. The molecule has 0 spiro atoms. The topological polar surface area (TPSA) is 49.3 Å². The summed E-state index contributed by atoms with van der Waals surface area (Å²) in [5.41, 5.74) is 1.96. The largest absolute Gasteiger partial charge is 0.355 e. The Bertz CT molecular complexity index is 926. The van der Waals surface area contributed by atoms with Gasteiger partial charge in [-0.25, -0.2) is 14.4 Å². The molecule has 0 bridgehead atoms. The average Bonchev–Trinajstić information content (AvgIpc) is 2.61. The highest BCUT2D eigenvalue weighted by molar-refractivity contribution is 6.07. The smallest absolute Gasteiger partial charge is 0.259 e. The van der Waals surface area contributed by atoms with Crippen LogP contribution in [0.3, 0.4) is 0 Å². The molecule has 0 aliphatic carbocycles. The van der Waals surface area contributed by atoms with E-state index in [0.717, 1.165) is 11.0 Å². The standard InChI is InChI=1S/C18H15FN4O/c1-22-10-11-23(18(24)12-6-8-13(19)9-7-12)17-16(22)20-14-4-2-3-5-15(14)21-17/h2-9H,10-11H2,1H3. The lowest BCUT2D eigenvalue weighted by Gasteiger charge is -2.33. The van der Waals surface area contributed by atoms with Crippen molar-refractivity contribution in [3.63, 3.8) is 0 Å². The lowest BCUT2D eigenvalue weighted by molar-refractivity contribution is 0.0986. The van der Waals surface area contributed by atoms with Crippen LogP contribution in [0.15, 0.2) is 48.5 Å². The minimum absolute atomic E-state index is 0.200. The fraction of sp³-hybridized carbons (Fsp3) is 0.167. The van der Waals surface area contributed by atoms with Gasteiger partial charge >= 0.3 is 0 Å². The number of halogens is 1. The molecule has 0 unspecified atom stereocenters. The number of benzene rings is 2. The second-order valence-corrected chi connectivity index (χ2v) is 5.74. The van der Waals surface area contributed by atoms with Crippen molar-refractivity contribution < 1.29 is 9.18 Å². The summed E-state index contributed by atoms with van der Waals surface area (Å²) in [6.45, 7) is 1.17. The van der Waals surface area contributed by atoms with E-state index in [4.69, 9.17) is 0 Å². The molecule has 0 saturated heterocycles. The van der Waals surface area contributed by atoms with Crippen molar-refractivity contribution in [2.24, 2.45) is 0 Å². The van der Waals surface area contributed by atoms with Gasteiger partial charge in [-0.15, -0.1) is 0 Å². The van der Waals surface area contributed by atoms with Crippen LogP contribution in [0, 0.1) is 5.82 Å². The molecule has 6 heteroatoms. The van der Waals surface area contributed by atoms with E-state index in [1.54, 1.807) is 4.90 Å². The normalized spacial score (nSPS) is 13.9. The molecule has 1 amide bonds. The van der Waals surface area contributed by atoms with Crippen LogP contribution >= 0.6 is 0 Å². The van der Waals surface area contributed by atoms with E-state index < -0.39 is 0 Å². The summed E-state index contributed by atoms with van der Waals surface area (Å²) < 4.78 is 13.1. The van der Waals surface area contributed by atoms with Crippen molar-refractivity contribution in [1.82, 2.24) is 9.97 Å². The SMILES string of the molecule is CN1CCN(C(=O)c2ccc(F)cc2)c2nc3ccccc3nc21. The molecule has 5 nitrogen and oxygen atoms in total. The minimum atomic E-state index is -0.365. The van der Waals surface area contributed by atoms with Crippen molar-refractivity contribution in [3.05, 3.63) is 59.9 Å². The summed E-state index contributed by atoms with van der Waals surface area (Å²) >= 11 is 0. The number of hydrogen-bond donors (Lipinski definition) is 0. The van der Waals surface area contributed by atoms with Gasteiger partial charge in [0.25, 0.3) is 5.91 Å². The second-order valence-electron chi connectivity index (χ2n) is 5.74. The molecule has 0 saturated carbocycles. The number of nitrogens with zero attached hydrogens (tertiary/aromatic N) is 4. The van der Waals surface area contributed by atoms with Crippen LogP contribution in [0.5, 0.6) is 0 Å². The van der Waals surface area contributed by atoms with Crippen molar-refractivity contribution >= 4 is 28.6 Å². The molecule has 0 fully saturated rings. The summed E-state index contributed by atoms with van der Waals surface area (Å²) in [6.07, 6.45) is 0. The highest BCUT2D eigenvalue weighted by Gasteiger charge is 2.29. The number of likely N-dealkylation sites (N-methyl/N-ethyl adjacent to an activating group) is 1. The van der Waals surface area contributed by atoms with E-state index in [1.807, 2.05) is 36.2 Å². The van der Waals surface area contributed by atoms with E-state index in [2.05, 4.69) is 9.97 Å². The van der Waals surface area contributed by atoms with Gasteiger partial charge in [-0.2, -0.15) is 0 Å². The Morgan fingerprint density at radius 1 is 0.958 bits per heavy atom. The lowest BCUT2D eigenvalue weighted by atomic mass is 10.1. The van der Waals surface area contributed by atoms with E-state index >= 15 is 0 Å². The molecule has 2 heterocycles. The van der Waals surface area contributed by atoms with Crippen molar-refractivity contribution in [3.8, 4) is 0 Å². The zero-order valence-electron chi connectivity index (χ0n) is 13.1. The van der Waals surface area contributed by atoms with Crippen molar-refractivity contribution in [2.45, 2.75) is 0 Å². The Kier molecular flexibility index (Phi) is 3.37. The van der Waals surface area contributed by atoms with Crippen LogP contribution < -0.4 is 9.80 Å². The van der Waals surface area contributed by atoms with Gasteiger partial charge in [0.1, 0.15) is 5.82 Å². The molecular formula is C18H15FN4O. The van der Waals surface area contributed by atoms with Crippen molar-refractivity contribution in [1.29, 1.82) is 0 Å². The van der Waals surface area contributed by atoms with Gasteiger partial charge in [0.2, 0.25) is 0 Å². The molecule has 1 aromatic heterocycles. The van der Waals surface area contributed by atoms with Crippen LogP contribution in [0.4, 0.5) is 16.0 Å². The number of carbonyl (C=O) groups is 1. The quantitative estimate of drug-likeness (QED) is 0.691. The maximum atomic E-state index is 13.1. The van der Waals surface area contributed by atoms with E-state index in [0.29, 0.717) is 30.3 Å². The van der Waals surface area contributed by atoms with Crippen LogP contribution in [0.2, 0.25) is 0 Å². The number of carbonyl (C=O) groups excluding carboxylic acids is 1. The number of amides is 1. The minimum Gasteiger partial charge on any atom is -0.355 e. The summed E-state index contributed by atoms with van der Waals surface area (Å²) in [6, 6.07) is 13.1. The molecule has 3 aromatic rings. The maximum Gasteiger partial charge on any atom is 0.259 e. The van der Waals surface area contributed by atoms with Gasteiger partial charge < -0.3 is 4.90 Å². The van der Waals surface area contributed by atoms with Gasteiger partial charge in [-0.3, -0.25) is 9.69 Å². The van der Waals surface area contributed by atoms with E-state index in [9.17, 15) is 9.18 Å². The molecule has 1 aliphatic rings. The van der Waals surface area contributed by atoms with E-state index in [1.165, 1.54) is 24.3 Å². The molecule has 24 heavy (non-hydrogen) atoms. The van der Waals surface area contributed by atoms with Gasteiger partial charge in [-0.05, 0) is 36.4 Å². The second kappa shape index (κ2) is 5.56. The first-order valence-electron chi connectivity index (χ1n) is 7.69. The zero-order valence-corrected chi connectivity index (χ0v) is 13.1. The number of anilines is 2. The number of hydrogen-bond acceptors (Lipinski definition) is 4. The highest BCUT2D eigenvalue weighted by Crippen LogP contribution is 2.31. The Labute approximate surface area is 138 Å². The van der Waals surface area contributed by atoms with Gasteiger partial charge in [0.05, 0.1) is 11.0 Å². The van der Waals surface area contributed by atoms with Crippen LogP contribution in [-0.2, 0) is 0 Å². The third-order valence-corrected chi connectivity index (χ3v) is 4.15. The molecule has 4 rings (SSSR count). The fourth-order valence-corrected chi connectivity index (χ4v) is 2.83.